The van der Waals surface area contributed by atoms with Gasteiger partial charge in [-0.1, -0.05) is 58.9 Å². The van der Waals surface area contributed by atoms with Gasteiger partial charge in [0.15, 0.2) is 0 Å². The molecule has 0 aliphatic carbocycles. The first-order valence-electron chi connectivity index (χ1n) is 12.0. The van der Waals surface area contributed by atoms with Gasteiger partial charge in [0, 0.05) is 24.7 Å². The van der Waals surface area contributed by atoms with Gasteiger partial charge in [0.05, 0.1) is 0 Å². The summed E-state index contributed by atoms with van der Waals surface area (Å²) in [5, 5.41) is 7.28. The van der Waals surface area contributed by atoms with E-state index in [-0.39, 0.29) is 16.9 Å². The van der Waals surface area contributed by atoms with Crippen LogP contribution >= 0.6 is 0 Å². The van der Waals surface area contributed by atoms with Gasteiger partial charge in [-0.15, -0.1) is 0 Å². The Bertz CT molecular complexity index is 954. The maximum absolute atomic E-state index is 6.23. The van der Waals surface area contributed by atoms with Gasteiger partial charge in [-0.3, -0.25) is 0 Å². The van der Waals surface area contributed by atoms with Crippen LogP contribution in [0.15, 0.2) is 30.3 Å². The lowest BCUT2D eigenvalue weighted by Crippen LogP contribution is -2.33. The number of fused-ring (bicyclic) bond motifs is 2. The molecule has 2 N–H and O–H groups in total. The van der Waals surface area contributed by atoms with Crippen molar-refractivity contribution in [2.75, 3.05) is 13.1 Å². The van der Waals surface area contributed by atoms with Crippen LogP contribution in [0.25, 0.3) is 0 Å². The molecular formula is C28H40N2O. The molecule has 0 radical (unpaired) electrons. The maximum atomic E-state index is 6.23. The van der Waals surface area contributed by atoms with E-state index >= 15 is 0 Å². The quantitative estimate of drug-likeness (QED) is 0.680. The van der Waals surface area contributed by atoms with Crippen molar-refractivity contribution in [1.82, 2.24) is 10.6 Å². The van der Waals surface area contributed by atoms with E-state index in [1.54, 1.807) is 5.56 Å². The highest BCUT2D eigenvalue weighted by Crippen LogP contribution is 2.40. The smallest absolute Gasteiger partial charge is 0.124 e. The Balaban J connectivity index is 1.75. The molecule has 2 aromatic carbocycles. The highest BCUT2D eigenvalue weighted by molar-refractivity contribution is 5.50. The molecule has 2 heterocycles. The van der Waals surface area contributed by atoms with E-state index in [2.05, 4.69) is 89.4 Å². The summed E-state index contributed by atoms with van der Waals surface area (Å²) in [5.41, 5.74) is 9.03. The minimum Gasteiger partial charge on any atom is -0.489 e. The Kier molecular flexibility index (Phi) is 5.95. The van der Waals surface area contributed by atoms with Crippen LogP contribution in [0, 0.1) is 0 Å². The summed E-state index contributed by atoms with van der Waals surface area (Å²) in [6.07, 6.45) is 2.35. The Hall–Kier alpha value is -1.84. The van der Waals surface area contributed by atoms with Crippen LogP contribution in [0.1, 0.15) is 87.9 Å². The summed E-state index contributed by atoms with van der Waals surface area (Å²) < 4.78 is 6.23. The van der Waals surface area contributed by atoms with E-state index in [1.807, 2.05) is 0 Å². The van der Waals surface area contributed by atoms with Crippen molar-refractivity contribution in [1.29, 1.82) is 0 Å². The number of nitrogens with one attached hydrogen (secondary N) is 2. The van der Waals surface area contributed by atoms with Crippen LogP contribution in [-0.2, 0) is 30.2 Å². The van der Waals surface area contributed by atoms with Crippen LogP contribution in [0.2, 0.25) is 0 Å². The topological polar surface area (TPSA) is 33.3 Å². The number of ether oxygens (including phenoxy) is 1. The van der Waals surface area contributed by atoms with E-state index in [0.29, 0.717) is 6.04 Å². The molecule has 31 heavy (non-hydrogen) atoms. The van der Waals surface area contributed by atoms with Gasteiger partial charge in [-0.25, -0.2) is 0 Å². The lowest BCUT2D eigenvalue weighted by Gasteiger charge is -2.35. The second-order valence-electron chi connectivity index (χ2n) is 11.2. The average Bonchev–Trinajstić information content (AvgIpc) is 2.87. The number of hydrogen-bond acceptors (Lipinski definition) is 3. The molecule has 0 fully saturated rings. The molecule has 2 aromatic rings. The number of benzene rings is 2. The lowest BCUT2D eigenvalue weighted by atomic mass is 9.72. The van der Waals surface area contributed by atoms with Crippen molar-refractivity contribution < 1.29 is 4.74 Å². The second kappa shape index (κ2) is 8.26. The lowest BCUT2D eigenvalue weighted by molar-refractivity contribution is 0.226. The fourth-order valence-electron chi connectivity index (χ4n) is 5.56. The summed E-state index contributed by atoms with van der Waals surface area (Å²) in [7, 11) is 0. The van der Waals surface area contributed by atoms with Crippen molar-refractivity contribution in [2.45, 2.75) is 90.8 Å². The van der Waals surface area contributed by atoms with E-state index in [0.717, 1.165) is 38.2 Å². The van der Waals surface area contributed by atoms with E-state index in [1.165, 1.54) is 27.8 Å². The van der Waals surface area contributed by atoms with E-state index in [9.17, 15) is 0 Å². The summed E-state index contributed by atoms with van der Waals surface area (Å²) in [6.45, 7) is 19.1. The zero-order valence-electron chi connectivity index (χ0n) is 20.5. The maximum Gasteiger partial charge on any atom is 0.124 e. The third kappa shape index (κ3) is 4.40. The molecule has 0 unspecified atom stereocenters. The number of hydrogen-bond donors (Lipinski definition) is 2. The first kappa shape index (κ1) is 22.4. The summed E-state index contributed by atoms with van der Waals surface area (Å²) in [5.74, 6) is 1.05. The first-order valence-corrected chi connectivity index (χ1v) is 12.0. The fraction of sp³-hybridized carbons (Fsp3) is 0.571. The molecule has 3 heteroatoms. The number of rotatable bonds is 3. The van der Waals surface area contributed by atoms with Crippen LogP contribution in [0.3, 0.4) is 0 Å². The molecule has 4 rings (SSSR count). The molecule has 0 saturated heterocycles. The zero-order valence-corrected chi connectivity index (χ0v) is 20.5. The van der Waals surface area contributed by atoms with Crippen LogP contribution in [-0.4, -0.2) is 19.2 Å². The van der Waals surface area contributed by atoms with Gasteiger partial charge >= 0.3 is 0 Å². The molecule has 0 spiro atoms. The van der Waals surface area contributed by atoms with Gasteiger partial charge in [-0.2, -0.15) is 0 Å². The molecule has 168 valence electrons. The molecular weight excluding hydrogens is 380 g/mol. The first-order chi connectivity index (χ1) is 14.6. The molecule has 0 aromatic heterocycles. The third-order valence-electron chi connectivity index (χ3n) is 7.08. The monoisotopic (exact) mass is 420 g/mol. The SMILES string of the molecule is C[C@@H]1CNCc2c(cccc2C(C)(C)Cc2ccc(C(C)(C)C)c3c2CCN[C@H]3C)O1. The van der Waals surface area contributed by atoms with Crippen molar-refractivity contribution >= 4 is 0 Å². The standard InChI is InChI=1S/C28H40N2O/c1-18-16-29-17-22-23(9-8-10-25(22)31-18)28(6,7)15-20-11-12-24(27(3,4)5)26-19(2)30-14-13-21(20)26/h8-12,18-19,29-30H,13-17H2,1-7H3/t18-,19+/m1/s1. The molecule has 2 aliphatic heterocycles. The Morgan fingerprint density at radius 1 is 0.968 bits per heavy atom. The highest BCUT2D eigenvalue weighted by atomic mass is 16.5. The molecule has 0 bridgehead atoms. The van der Waals surface area contributed by atoms with Crippen molar-refractivity contribution in [3.63, 3.8) is 0 Å². The highest BCUT2D eigenvalue weighted by Gasteiger charge is 2.31. The zero-order chi connectivity index (χ0) is 22.4. The molecule has 0 saturated carbocycles. The Morgan fingerprint density at radius 2 is 1.74 bits per heavy atom. The van der Waals surface area contributed by atoms with E-state index in [4.69, 9.17) is 4.74 Å². The van der Waals surface area contributed by atoms with Crippen molar-refractivity contribution in [3.05, 3.63) is 63.7 Å². The van der Waals surface area contributed by atoms with Crippen molar-refractivity contribution in [3.8, 4) is 5.75 Å². The van der Waals surface area contributed by atoms with E-state index < -0.39 is 0 Å². The predicted octanol–water partition coefficient (Wildman–Crippen LogP) is 5.58. The summed E-state index contributed by atoms with van der Waals surface area (Å²) in [6, 6.07) is 11.8. The Labute approximate surface area is 189 Å². The largest absolute Gasteiger partial charge is 0.489 e. The third-order valence-corrected chi connectivity index (χ3v) is 7.08. The minimum absolute atomic E-state index is 0.0229. The normalized spacial score (nSPS) is 21.6. The van der Waals surface area contributed by atoms with Crippen LogP contribution < -0.4 is 15.4 Å². The summed E-state index contributed by atoms with van der Waals surface area (Å²) >= 11 is 0. The van der Waals surface area contributed by atoms with Gasteiger partial charge in [0.2, 0.25) is 0 Å². The molecule has 2 atom stereocenters. The van der Waals surface area contributed by atoms with Gasteiger partial charge in [0.1, 0.15) is 11.9 Å². The molecule has 3 nitrogen and oxygen atoms in total. The van der Waals surface area contributed by atoms with Gasteiger partial charge in [0.25, 0.3) is 0 Å². The van der Waals surface area contributed by atoms with Gasteiger partial charge < -0.3 is 15.4 Å². The second-order valence-corrected chi connectivity index (χ2v) is 11.2. The average molecular weight is 421 g/mol. The fourth-order valence-corrected chi connectivity index (χ4v) is 5.56. The minimum atomic E-state index is 0.0229. The molecule has 2 aliphatic rings. The Morgan fingerprint density at radius 3 is 2.48 bits per heavy atom. The summed E-state index contributed by atoms with van der Waals surface area (Å²) in [4.78, 5) is 0. The van der Waals surface area contributed by atoms with Crippen LogP contribution in [0.4, 0.5) is 0 Å². The van der Waals surface area contributed by atoms with Crippen molar-refractivity contribution in [2.24, 2.45) is 0 Å². The predicted molar refractivity (Wildman–Crippen MR) is 130 cm³/mol. The van der Waals surface area contributed by atoms with Crippen LogP contribution in [0.5, 0.6) is 5.75 Å². The van der Waals surface area contributed by atoms with Gasteiger partial charge in [-0.05, 0) is 77.9 Å². The molecule has 0 amide bonds.